The second-order valence-corrected chi connectivity index (χ2v) is 5.93. The number of aliphatic hydroxyl groups excluding tert-OH is 1. The molecule has 0 aromatic carbocycles. The number of anilines is 1. The standard InChI is InChI=1S/C11H14ClIN2O/c1-7-2-8(16)6-15(5-7)11-3-10(13)9(12)4-14-11/h3-4,7-8,16H,2,5-6H2,1H3. The lowest BCUT2D eigenvalue weighted by atomic mass is 9.98. The number of halogens is 2. The predicted octanol–water partition coefficient (Wildman–Crippen LogP) is 2.55. The number of β-amino-alcohol motifs (C(OH)–C–C–N with tert-alkyl or cyclic N) is 1. The van der Waals surface area contributed by atoms with Gasteiger partial charge in [0.25, 0.3) is 0 Å². The van der Waals surface area contributed by atoms with Crippen molar-refractivity contribution in [3.63, 3.8) is 0 Å². The molecule has 2 atom stereocenters. The number of pyridine rings is 1. The van der Waals surface area contributed by atoms with Gasteiger partial charge in [0.1, 0.15) is 5.82 Å². The van der Waals surface area contributed by atoms with E-state index < -0.39 is 0 Å². The molecule has 1 saturated heterocycles. The number of piperidine rings is 1. The summed E-state index contributed by atoms with van der Waals surface area (Å²) < 4.78 is 0.997. The average molecular weight is 353 g/mol. The third kappa shape index (κ3) is 2.78. The molecule has 0 saturated carbocycles. The Hall–Kier alpha value is -0.0700. The van der Waals surface area contributed by atoms with Crippen LogP contribution in [-0.2, 0) is 0 Å². The zero-order valence-corrected chi connectivity index (χ0v) is 11.9. The molecule has 88 valence electrons. The van der Waals surface area contributed by atoms with Crippen molar-refractivity contribution in [3.8, 4) is 0 Å². The van der Waals surface area contributed by atoms with Gasteiger partial charge in [-0.15, -0.1) is 0 Å². The van der Waals surface area contributed by atoms with E-state index >= 15 is 0 Å². The zero-order valence-electron chi connectivity index (χ0n) is 9.03. The quantitative estimate of drug-likeness (QED) is 0.789. The van der Waals surface area contributed by atoms with Crippen LogP contribution < -0.4 is 4.90 Å². The van der Waals surface area contributed by atoms with Crippen molar-refractivity contribution in [1.82, 2.24) is 4.98 Å². The molecule has 16 heavy (non-hydrogen) atoms. The van der Waals surface area contributed by atoms with Crippen molar-refractivity contribution in [3.05, 3.63) is 20.9 Å². The molecule has 1 N–H and O–H groups in total. The van der Waals surface area contributed by atoms with Gasteiger partial charge in [0.05, 0.1) is 11.1 Å². The van der Waals surface area contributed by atoms with Crippen LogP contribution >= 0.6 is 34.2 Å². The van der Waals surface area contributed by atoms with Crippen molar-refractivity contribution in [2.75, 3.05) is 18.0 Å². The molecule has 1 aromatic heterocycles. The third-order valence-electron chi connectivity index (χ3n) is 2.76. The number of aliphatic hydroxyl groups is 1. The number of rotatable bonds is 1. The highest BCUT2D eigenvalue weighted by Crippen LogP contribution is 2.25. The Morgan fingerprint density at radius 1 is 1.56 bits per heavy atom. The smallest absolute Gasteiger partial charge is 0.129 e. The van der Waals surface area contributed by atoms with Crippen LogP contribution in [0.2, 0.25) is 5.02 Å². The summed E-state index contributed by atoms with van der Waals surface area (Å²) in [4.78, 5) is 6.43. The monoisotopic (exact) mass is 352 g/mol. The van der Waals surface area contributed by atoms with Gasteiger partial charge in [0.2, 0.25) is 0 Å². The molecule has 2 heterocycles. The van der Waals surface area contributed by atoms with Crippen LogP contribution in [0, 0.1) is 9.49 Å². The largest absolute Gasteiger partial charge is 0.391 e. The maximum atomic E-state index is 9.74. The van der Waals surface area contributed by atoms with E-state index in [0.29, 0.717) is 17.5 Å². The molecule has 0 spiro atoms. The summed E-state index contributed by atoms with van der Waals surface area (Å²) in [6, 6.07) is 1.97. The van der Waals surface area contributed by atoms with E-state index in [1.807, 2.05) is 6.07 Å². The van der Waals surface area contributed by atoms with Gasteiger partial charge < -0.3 is 10.0 Å². The van der Waals surface area contributed by atoms with Gasteiger partial charge in [-0.2, -0.15) is 0 Å². The first kappa shape index (κ1) is 12.4. The zero-order chi connectivity index (χ0) is 11.7. The van der Waals surface area contributed by atoms with Gasteiger partial charge in [-0.3, -0.25) is 0 Å². The summed E-state index contributed by atoms with van der Waals surface area (Å²) in [7, 11) is 0. The maximum absolute atomic E-state index is 9.74. The van der Waals surface area contributed by atoms with E-state index in [9.17, 15) is 5.11 Å². The molecule has 1 aliphatic heterocycles. The van der Waals surface area contributed by atoms with Crippen molar-refractivity contribution >= 4 is 40.0 Å². The Morgan fingerprint density at radius 3 is 2.94 bits per heavy atom. The minimum absolute atomic E-state index is 0.251. The average Bonchev–Trinajstić information content (AvgIpc) is 2.20. The molecule has 2 rings (SSSR count). The first-order valence-electron chi connectivity index (χ1n) is 5.30. The fraction of sp³-hybridized carbons (Fsp3) is 0.545. The van der Waals surface area contributed by atoms with Gasteiger partial charge >= 0.3 is 0 Å². The molecule has 0 radical (unpaired) electrons. The van der Waals surface area contributed by atoms with Crippen LogP contribution in [0.5, 0.6) is 0 Å². The minimum atomic E-state index is -0.251. The van der Waals surface area contributed by atoms with Gasteiger partial charge in [-0.05, 0) is 41.0 Å². The van der Waals surface area contributed by atoms with Crippen LogP contribution in [0.3, 0.4) is 0 Å². The van der Waals surface area contributed by atoms with Gasteiger partial charge in [-0.25, -0.2) is 4.98 Å². The summed E-state index contributed by atoms with van der Waals surface area (Å²) in [5.41, 5.74) is 0. The van der Waals surface area contributed by atoms with E-state index in [1.165, 1.54) is 0 Å². The van der Waals surface area contributed by atoms with E-state index in [2.05, 4.69) is 39.4 Å². The molecule has 1 fully saturated rings. The Morgan fingerprint density at radius 2 is 2.31 bits per heavy atom. The van der Waals surface area contributed by atoms with Gasteiger partial charge in [0.15, 0.2) is 0 Å². The van der Waals surface area contributed by atoms with Crippen LogP contribution in [0.1, 0.15) is 13.3 Å². The van der Waals surface area contributed by atoms with Gasteiger partial charge in [0, 0.05) is 22.9 Å². The molecule has 0 aliphatic carbocycles. The summed E-state index contributed by atoms with van der Waals surface area (Å²) in [5, 5.41) is 10.4. The Kier molecular flexibility index (Phi) is 3.92. The maximum Gasteiger partial charge on any atom is 0.129 e. The summed E-state index contributed by atoms with van der Waals surface area (Å²) in [6.45, 7) is 3.76. The number of hydrogen-bond donors (Lipinski definition) is 1. The van der Waals surface area contributed by atoms with Gasteiger partial charge in [-0.1, -0.05) is 18.5 Å². The lowest BCUT2D eigenvalue weighted by Crippen LogP contribution is -2.42. The molecular weight excluding hydrogens is 338 g/mol. The SMILES string of the molecule is CC1CC(O)CN(c2cc(I)c(Cl)cn2)C1. The second kappa shape index (κ2) is 5.06. The van der Waals surface area contributed by atoms with E-state index in [0.717, 1.165) is 22.4 Å². The summed E-state index contributed by atoms with van der Waals surface area (Å²) >= 11 is 8.13. The fourth-order valence-electron chi connectivity index (χ4n) is 2.08. The van der Waals surface area contributed by atoms with Crippen LogP contribution in [0.25, 0.3) is 0 Å². The Balaban J connectivity index is 2.19. The lowest BCUT2D eigenvalue weighted by Gasteiger charge is -2.35. The molecule has 1 aromatic rings. The normalized spacial score (nSPS) is 25.9. The molecule has 3 nitrogen and oxygen atoms in total. The molecule has 0 amide bonds. The second-order valence-electron chi connectivity index (χ2n) is 4.36. The van der Waals surface area contributed by atoms with Crippen LogP contribution in [0.15, 0.2) is 12.3 Å². The molecule has 0 bridgehead atoms. The summed E-state index contributed by atoms with van der Waals surface area (Å²) in [6.07, 6.45) is 2.30. The van der Waals surface area contributed by atoms with Crippen molar-refractivity contribution in [2.45, 2.75) is 19.4 Å². The first-order valence-corrected chi connectivity index (χ1v) is 6.76. The fourth-order valence-corrected chi connectivity index (χ4v) is 2.60. The molecule has 1 aliphatic rings. The Bertz CT molecular complexity index is 378. The minimum Gasteiger partial charge on any atom is -0.391 e. The highest BCUT2D eigenvalue weighted by atomic mass is 127. The highest BCUT2D eigenvalue weighted by molar-refractivity contribution is 14.1. The predicted molar refractivity (Wildman–Crippen MR) is 74.0 cm³/mol. The van der Waals surface area contributed by atoms with E-state index in [1.54, 1.807) is 6.20 Å². The van der Waals surface area contributed by atoms with Crippen molar-refractivity contribution in [2.24, 2.45) is 5.92 Å². The van der Waals surface area contributed by atoms with E-state index in [-0.39, 0.29) is 6.10 Å². The van der Waals surface area contributed by atoms with Crippen molar-refractivity contribution in [1.29, 1.82) is 0 Å². The molecule has 5 heteroatoms. The molecule has 2 unspecified atom stereocenters. The first-order chi connectivity index (χ1) is 7.56. The van der Waals surface area contributed by atoms with Crippen LogP contribution in [-0.4, -0.2) is 29.3 Å². The highest BCUT2D eigenvalue weighted by Gasteiger charge is 2.24. The Labute approximate surface area is 114 Å². The number of hydrogen-bond acceptors (Lipinski definition) is 3. The van der Waals surface area contributed by atoms with Crippen LogP contribution in [0.4, 0.5) is 5.82 Å². The van der Waals surface area contributed by atoms with E-state index in [4.69, 9.17) is 11.6 Å². The number of nitrogens with zero attached hydrogens (tertiary/aromatic N) is 2. The number of aromatic nitrogens is 1. The topological polar surface area (TPSA) is 36.4 Å². The molecular formula is C11H14ClIN2O. The summed E-state index contributed by atoms with van der Waals surface area (Å²) in [5.74, 6) is 1.40. The third-order valence-corrected chi connectivity index (χ3v) is 4.27. The van der Waals surface area contributed by atoms with Crippen molar-refractivity contribution < 1.29 is 5.11 Å². The lowest BCUT2D eigenvalue weighted by molar-refractivity contribution is 0.132.